The molecule has 6 nitrogen and oxygen atoms in total. The topological polar surface area (TPSA) is 78.9 Å². The Morgan fingerprint density at radius 2 is 0.694 bits per heavy atom. The van der Waals surface area contributed by atoms with Crippen molar-refractivity contribution in [1.29, 1.82) is 0 Å². The quantitative estimate of drug-likeness (QED) is 0.0199. The fourth-order valence-corrected chi connectivity index (χ4v) is 7.34. The molecule has 0 amide bonds. The van der Waals surface area contributed by atoms with Gasteiger partial charge in [-0.15, -0.1) is 0 Å². The first kappa shape index (κ1) is 59.1. The molecule has 0 radical (unpaired) electrons. The summed E-state index contributed by atoms with van der Waals surface area (Å²) in [6, 6.07) is 0. The first-order chi connectivity index (χ1) is 30.5. The third kappa shape index (κ3) is 48.1. The van der Waals surface area contributed by atoms with E-state index in [1.807, 2.05) is 0 Å². The van der Waals surface area contributed by atoms with Crippen molar-refractivity contribution in [3.63, 3.8) is 0 Å². The average molecular weight is 867 g/mol. The van der Waals surface area contributed by atoms with Crippen LogP contribution in [0.1, 0.15) is 258 Å². The van der Waals surface area contributed by atoms with E-state index in [0.717, 1.165) is 83.5 Å². The molecule has 0 aliphatic rings. The second-order valence-electron chi connectivity index (χ2n) is 17.4. The van der Waals surface area contributed by atoms with Crippen LogP contribution in [0.4, 0.5) is 0 Å². The van der Waals surface area contributed by atoms with Gasteiger partial charge in [0.05, 0.1) is 0 Å². The van der Waals surface area contributed by atoms with Crippen molar-refractivity contribution >= 4 is 17.9 Å². The minimum atomic E-state index is -0.797. The molecule has 0 N–H and O–H groups in total. The average Bonchev–Trinajstić information content (AvgIpc) is 3.27. The number of carbonyl (C=O) groups is 3. The number of carbonyl (C=O) groups excluding carboxylic acids is 3. The Balaban J connectivity index is 4.40. The van der Waals surface area contributed by atoms with Crippen molar-refractivity contribution in [2.45, 2.75) is 264 Å². The summed E-state index contributed by atoms with van der Waals surface area (Å²) < 4.78 is 16.7. The number of unbranched alkanes of at least 4 members (excludes halogenated alkanes) is 27. The number of esters is 3. The predicted molar refractivity (Wildman–Crippen MR) is 265 cm³/mol. The van der Waals surface area contributed by atoms with Crippen molar-refractivity contribution in [2.75, 3.05) is 13.2 Å². The largest absolute Gasteiger partial charge is 0.462 e. The van der Waals surface area contributed by atoms with Crippen molar-refractivity contribution in [2.24, 2.45) is 0 Å². The second-order valence-corrected chi connectivity index (χ2v) is 17.4. The minimum Gasteiger partial charge on any atom is -0.462 e. The van der Waals surface area contributed by atoms with E-state index >= 15 is 0 Å². The van der Waals surface area contributed by atoms with Crippen LogP contribution in [0.25, 0.3) is 0 Å². The molecule has 0 saturated carbocycles. The molecule has 1 unspecified atom stereocenters. The Hall–Kier alpha value is -2.89. The number of rotatable bonds is 47. The van der Waals surface area contributed by atoms with Crippen LogP contribution in [0.5, 0.6) is 0 Å². The summed E-state index contributed by atoms with van der Waals surface area (Å²) in [5.41, 5.74) is 0. The molecule has 0 fully saturated rings. The van der Waals surface area contributed by atoms with E-state index in [1.54, 1.807) is 0 Å². The summed E-state index contributed by atoms with van der Waals surface area (Å²) in [6.07, 6.45) is 62.2. The van der Waals surface area contributed by atoms with Gasteiger partial charge < -0.3 is 14.2 Å². The molecule has 0 aliphatic heterocycles. The molecule has 6 heteroatoms. The summed E-state index contributed by atoms with van der Waals surface area (Å²) in [5, 5.41) is 0. The maximum Gasteiger partial charge on any atom is 0.306 e. The highest BCUT2D eigenvalue weighted by atomic mass is 16.6. The lowest BCUT2D eigenvalue weighted by Gasteiger charge is -2.18. The van der Waals surface area contributed by atoms with E-state index in [9.17, 15) is 14.4 Å². The van der Waals surface area contributed by atoms with E-state index in [4.69, 9.17) is 14.2 Å². The second kappa shape index (κ2) is 50.8. The zero-order chi connectivity index (χ0) is 45.1. The highest BCUT2D eigenvalue weighted by molar-refractivity contribution is 5.71. The van der Waals surface area contributed by atoms with Crippen LogP contribution in [0.3, 0.4) is 0 Å². The Labute approximate surface area is 383 Å². The molecule has 358 valence electrons. The van der Waals surface area contributed by atoms with Crippen LogP contribution >= 0.6 is 0 Å². The van der Waals surface area contributed by atoms with Gasteiger partial charge in [0, 0.05) is 19.3 Å². The first-order valence-electron chi connectivity index (χ1n) is 26.3. The molecule has 0 heterocycles. The monoisotopic (exact) mass is 867 g/mol. The summed E-state index contributed by atoms with van der Waals surface area (Å²) in [6.45, 7) is 6.47. The van der Waals surface area contributed by atoms with E-state index < -0.39 is 6.10 Å². The minimum absolute atomic E-state index is 0.0962. The van der Waals surface area contributed by atoms with Crippen molar-refractivity contribution in [3.05, 3.63) is 60.8 Å². The van der Waals surface area contributed by atoms with E-state index in [0.29, 0.717) is 19.3 Å². The smallest absolute Gasteiger partial charge is 0.306 e. The Morgan fingerprint density at radius 1 is 0.355 bits per heavy atom. The molecular weight excluding hydrogens is 769 g/mol. The van der Waals surface area contributed by atoms with Crippen LogP contribution in [0.2, 0.25) is 0 Å². The van der Waals surface area contributed by atoms with Gasteiger partial charge in [-0.1, -0.05) is 229 Å². The maximum atomic E-state index is 12.8. The Bertz CT molecular complexity index is 1130. The van der Waals surface area contributed by atoms with Gasteiger partial charge in [0.2, 0.25) is 0 Å². The third-order valence-corrected chi connectivity index (χ3v) is 11.3. The highest BCUT2D eigenvalue weighted by Gasteiger charge is 2.19. The summed E-state index contributed by atoms with van der Waals surface area (Å²) >= 11 is 0. The van der Waals surface area contributed by atoms with Gasteiger partial charge in [-0.2, -0.15) is 0 Å². The molecule has 0 aromatic carbocycles. The number of hydrogen-bond acceptors (Lipinski definition) is 6. The normalized spacial score (nSPS) is 12.5. The van der Waals surface area contributed by atoms with Gasteiger partial charge in [0.15, 0.2) is 6.10 Å². The molecule has 0 aliphatic carbocycles. The van der Waals surface area contributed by atoms with Crippen LogP contribution in [-0.4, -0.2) is 37.2 Å². The molecule has 0 spiro atoms. The van der Waals surface area contributed by atoms with Gasteiger partial charge in [-0.3, -0.25) is 14.4 Å². The molecule has 0 aromatic heterocycles. The Kier molecular flexibility index (Phi) is 48.4. The molecule has 1 atom stereocenters. The highest BCUT2D eigenvalue weighted by Crippen LogP contribution is 2.15. The zero-order valence-electron chi connectivity index (χ0n) is 40.9. The van der Waals surface area contributed by atoms with Gasteiger partial charge in [0.1, 0.15) is 13.2 Å². The molecule has 0 bridgehead atoms. The lowest BCUT2D eigenvalue weighted by Crippen LogP contribution is -2.30. The molecular formula is C56H98O6. The van der Waals surface area contributed by atoms with Gasteiger partial charge in [-0.25, -0.2) is 0 Å². The van der Waals surface area contributed by atoms with Crippen molar-refractivity contribution in [3.8, 4) is 0 Å². The molecule has 0 aromatic rings. The van der Waals surface area contributed by atoms with Crippen LogP contribution in [-0.2, 0) is 28.6 Å². The van der Waals surface area contributed by atoms with E-state index in [2.05, 4.69) is 81.5 Å². The van der Waals surface area contributed by atoms with E-state index in [1.165, 1.54) is 128 Å². The number of ether oxygens (including phenoxy) is 3. The predicted octanol–water partition coefficient (Wildman–Crippen LogP) is 17.3. The summed E-state index contributed by atoms with van der Waals surface area (Å²) in [7, 11) is 0. The third-order valence-electron chi connectivity index (χ3n) is 11.3. The fourth-order valence-electron chi connectivity index (χ4n) is 7.34. The van der Waals surface area contributed by atoms with Crippen LogP contribution < -0.4 is 0 Å². The first-order valence-corrected chi connectivity index (χ1v) is 26.3. The Morgan fingerprint density at radius 3 is 1.13 bits per heavy atom. The zero-order valence-corrected chi connectivity index (χ0v) is 40.9. The molecule has 62 heavy (non-hydrogen) atoms. The van der Waals surface area contributed by atoms with Crippen LogP contribution in [0.15, 0.2) is 60.8 Å². The number of allylic oxidation sites excluding steroid dienone is 10. The van der Waals surface area contributed by atoms with Crippen molar-refractivity contribution in [1.82, 2.24) is 0 Å². The summed E-state index contributed by atoms with van der Waals surface area (Å²) in [5.74, 6) is -0.960. The van der Waals surface area contributed by atoms with Crippen LogP contribution in [0, 0.1) is 0 Å². The van der Waals surface area contributed by atoms with Gasteiger partial charge >= 0.3 is 17.9 Å². The fraction of sp³-hybridized carbons (Fsp3) is 0.768. The van der Waals surface area contributed by atoms with Crippen molar-refractivity contribution < 1.29 is 28.6 Å². The lowest BCUT2D eigenvalue weighted by molar-refractivity contribution is -0.167. The SMILES string of the molecule is CC/C=C\C/C=C\C/C=C\CCCC(=O)OCC(COC(=O)CCCCCCC/C=C\C=C/CCCCCCCCC)OC(=O)CCCCCCCCCCCCCCCCC. The van der Waals surface area contributed by atoms with E-state index in [-0.39, 0.29) is 37.5 Å². The number of hydrogen-bond donors (Lipinski definition) is 0. The van der Waals surface area contributed by atoms with Gasteiger partial charge in [0.25, 0.3) is 0 Å². The molecule has 0 saturated heterocycles. The lowest BCUT2D eigenvalue weighted by atomic mass is 10.0. The van der Waals surface area contributed by atoms with Gasteiger partial charge in [-0.05, 0) is 70.6 Å². The standard InChI is InChI=1S/C56H98O6/c1-4-7-10-13-16-19-22-24-26-27-28-30-31-34-37-40-43-46-49-55(58)61-52-53(51-60-54(57)48-45-42-39-36-33-21-18-15-12-9-6-3)62-56(59)50-47-44-41-38-35-32-29-25-23-20-17-14-11-8-5-2/h9,12,18,21,26-28,30,36,39,53H,4-8,10-11,13-17,19-20,22-25,29,31-35,37-38,40-52H2,1-3H3/b12-9-,21-18-,27-26-,30-28-,39-36-. The molecule has 0 rings (SSSR count). The summed E-state index contributed by atoms with van der Waals surface area (Å²) in [4.78, 5) is 37.9. The maximum absolute atomic E-state index is 12.8.